The van der Waals surface area contributed by atoms with Crippen molar-refractivity contribution in [1.29, 1.82) is 0 Å². The third-order valence-corrected chi connectivity index (χ3v) is 3.91. The molecule has 0 aliphatic carbocycles. The molecule has 1 aliphatic rings. The summed E-state index contributed by atoms with van der Waals surface area (Å²) in [6.07, 6.45) is 1.49. The molecule has 1 fully saturated rings. The van der Waals surface area contributed by atoms with Crippen LogP contribution in [0.15, 0.2) is 24.3 Å². The minimum atomic E-state index is -0.510. The number of nitrogens with zero attached hydrogens (tertiary/aromatic N) is 1. The molecule has 1 unspecified atom stereocenters. The average molecular weight is 364 g/mol. The van der Waals surface area contributed by atoms with Gasteiger partial charge in [-0.25, -0.2) is 9.59 Å². The van der Waals surface area contributed by atoms with Gasteiger partial charge in [-0.2, -0.15) is 0 Å². The van der Waals surface area contributed by atoms with Gasteiger partial charge in [0.25, 0.3) is 0 Å². The second kappa shape index (κ2) is 8.78. The molecular weight excluding hydrogens is 336 g/mol. The average Bonchev–Trinajstić information content (AvgIpc) is 2.58. The highest BCUT2D eigenvalue weighted by atomic mass is 16.6. The minimum Gasteiger partial charge on any atom is -0.482 e. The Kier molecular flexibility index (Phi) is 6.71. The first-order valence-electron chi connectivity index (χ1n) is 8.81. The normalized spacial score (nSPS) is 17.4. The number of carbonyl (C=O) groups is 2. The molecule has 1 aliphatic heterocycles. The molecule has 0 radical (unpaired) electrons. The van der Waals surface area contributed by atoms with Gasteiger partial charge in [0.15, 0.2) is 6.61 Å². The Bertz CT molecular complexity index is 627. The van der Waals surface area contributed by atoms with E-state index in [4.69, 9.17) is 9.47 Å². The highest BCUT2D eigenvalue weighted by Gasteiger charge is 2.24. The Labute approximate surface area is 154 Å². The maximum absolute atomic E-state index is 12.0. The summed E-state index contributed by atoms with van der Waals surface area (Å²) in [7, 11) is 1.33. The van der Waals surface area contributed by atoms with E-state index in [9.17, 15) is 9.59 Å². The smallest absolute Gasteiger partial charge is 0.407 e. The predicted octanol–water partition coefficient (Wildman–Crippen LogP) is 2.73. The Balaban J connectivity index is 1.94. The molecule has 1 saturated heterocycles. The van der Waals surface area contributed by atoms with Gasteiger partial charge in [-0.05, 0) is 45.7 Å². The van der Waals surface area contributed by atoms with Gasteiger partial charge in [0, 0.05) is 30.9 Å². The van der Waals surface area contributed by atoms with Gasteiger partial charge in [0.1, 0.15) is 11.4 Å². The number of nitrogens with one attached hydrogen (secondary N) is 1. The summed E-state index contributed by atoms with van der Waals surface area (Å²) in [4.78, 5) is 25.4. The number of methoxy groups -OCH3 is 1. The quantitative estimate of drug-likeness (QED) is 0.810. The molecule has 26 heavy (non-hydrogen) atoms. The summed E-state index contributed by atoms with van der Waals surface area (Å²) in [5.74, 6) is 0.185. The van der Waals surface area contributed by atoms with Crippen LogP contribution in [0.5, 0.6) is 5.75 Å². The molecule has 144 valence electrons. The molecule has 0 saturated carbocycles. The standard InChI is InChI=1S/C19H28N2O5/c1-19(2,3)26-18(23)20-14-7-6-10-21(12-14)15-8-5-9-16(11-15)25-13-17(22)24-4/h5,8-9,11,14H,6-7,10,12-13H2,1-4H3,(H,20,23). The number of alkyl carbamates (subject to hydrolysis) is 1. The number of ether oxygens (including phenoxy) is 3. The molecule has 2 rings (SSSR count). The number of hydrogen-bond donors (Lipinski definition) is 1. The van der Waals surface area contributed by atoms with Crippen molar-refractivity contribution < 1.29 is 23.8 Å². The first kappa shape index (κ1) is 19.9. The molecule has 1 aromatic carbocycles. The van der Waals surface area contributed by atoms with Crippen LogP contribution in [0.3, 0.4) is 0 Å². The zero-order valence-electron chi connectivity index (χ0n) is 15.9. The highest BCUT2D eigenvalue weighted by molar-refractivity contribution is 5.71. The van der Waals surface area contributed by atoms with Crippen molar-refractivity contribution in [3.63, 3.8) is 0 Å². The molecule has 0 spiro atoms. The first-order chi connectivity index (χ1) is 12.3. The van der Waals surface area contributed by atoms with Crippen molar-refractivity contribution in [2.45, 2.75) is 45.3 Å². The van der Waals surface area contributed by atoms with E-state index >= 15 is 0 Å². The SMILES string of the molecule is COC(=O)COc1cccc(N2CCCC(NC(=O)OC(C)(C)C)C2)c1. The summed E-state index contributed by atoms with van der Waals surface area (Å²) in [5.41, 5.74) is 0.479. The van der Waals surface area contributed by atoms with Crippen molar-refractivity contribution in [2.75, 3.05) is 31.7 Å². The van der Waals surface area contributed by atoms with E-state index in [1.807, 2.05) is 39.0 Å². The lowest BCUT2D eigenvalue weighted by molar-refractivity contribution is -0.142. The van der Waals surface area contributed by atoms with Crippen LogP contribution in [0.1, 0.15) is 33.6 Å². The van der Waals surface area contributed by atoms with Crippen LogP contribution < -0.4 is 15.0 Å². The molecule has 1 N–H and O–H groups in total. The van der Waals surface area contributed by atoms with Crippen molar-refractivity contribution in [3.05, 3.63) is 24.3 Å². The van der Waals surface area contributed by atoms with E-state index in [0.717, 1.165) is 25.1 Å². The van der Waals surface area contributed by atoms with Crippen molar-refractivity contribution in [1.82, 2.24) is 5.32 Å². The molecule has 1 atom stereocenters. The lowest BCUT2D eigenvalue weighted by Crippen LogP contribution is -2.49. The van der Waals surface area contributed by atoms with Gasteiger partial charge in [0.2, 0.25) is 0 Å². The maximum atomic E-state index is 12.0. The fourth-order valence-electron chi connectivity index (χ4n) is 2.77. The molecule has 7 heteroatoms. The highest BCUT2D eigenvalue weighted by Crippen LogP contribution is 2.24. The number of hydrogen-bond acceptors (Lipinski definition) is 6. The summed E-state index contributed by atoms with van der Waals surface area (Å²) < 4.78 is 15.4. The number of rotatable bonds is 5. The summed E-state index contributed by atoms with van der Waals surface area (Å²) >= 11 is 0. The van der Waals surface area contributed by atoms with Crippen LogP contribution in [0.2, 0.25) is 0 Å². The molecule has 1 amide bonds. The topological polar surface area (TPSA) is 77.1 Å². The molecule has 7 nitrogen and oxygen atoms in total. The van der Waals surface area contributed by atoms with Crippen LogP contribution in [-0.2, 0) is 14.3 Å². The van der Waals surface area contributed by atoms with Gasteiger partial charge in [-0.15, -0.1) is 0 Å². The van der Waals surface area contributed by atoms with Crippen LogP contribution in [0.25, 0.3) is 0 Å². The predicted molar refractivity (Wildman–Crippen MR) is 98.6 cm³/mol. The van der Waals surface area contributed by atoms with Gasteiger partial charge in [-0.3, -0.25) is 0 Å². The van der Waals surface area contributed by atoms with Crippen LogP contribution in [0, 0.1) is 0 Å². The van der Waals surface area contributed by atoms with Gasteiger partial charge in [-0.1, -0.05) is 6.07 Å². The molecular formula is C19H28N2O5. The Hall–Kier alpha value is -2.44. The van der Waals surface area contributed by atoms with E-state index in [1.165, 1.54) is 7.11 Å². The van der Waals surface area contributed by atoms with Crippen molar-refractivity contribution in [2.24, 2.45) is 0 Å². The van der Waals surface area contributed by atoms with Gasteiger partial charge >= 0.3 is 12.1 Å². The number of esters is 1. The zero-order chi connectivity index (χ0) is 19.2. The summed E-state index contributed by atoms with van der Waals surface area (Å²) in [6, 6.07) is 7.58. The number of benzene rings is 1. The van der Waals surface area contributed by atoms with Gasteiger partial charge in [0.05, 0.1) is 7.11 Å². The molecule has 0 bridgehead atoms. The zero-order valence-corrected chi connectivity index (χ0v) is 15.9. The van der Waals surface area contributed by atoms with E-state index in [1.54, 1.807) is 6.07 Å². The largest absolute Gasteiger partial charge is 0.482 e. The van der Waals surface area contributed by atoms with E-state index in [-0.39, 0.29) is 18.7 Å². The van der Waals surface area contributed by atoms with Crippen molar-refractivity contribution >= 4 is 17.7 Å². The fraction of sp³-hybridized carbons (Fsp3) is 0.579. The number of amides is 1. The summed E-state index contributed by atoms with van der Waals surface area (Å²) in [6.45, 7) is 7.01. The minimum absolute atomic E-state index is 0.0262. The van der Waals surface area contributed by atoms with E-state index in [0.29, 0.717) is 12.3 Å². The third-order valence-electron chi connectivity index (χ3n) is 3.91. The molecule has 1 aromatic rings. The Morgan fingerprint density at radius 3 is 2.77 bits per heavy atom. The second-order valence-corrected chi connectivity index (χ2v) is 7.29. The number of carbonyl (C=O) groups excluding carboxylic acids is 2. The first-order valence-corrected chi connectivity index (χ1v) is 8.81. The monoisotopic (exact) mass is 364 g/mol. The Morgan fingerprint density at radius 2 is 2.08 bits per heavy atom. The lowest BCUT2D eigenvalue weighted by atomic mass is 10.0. The van der Waals surface area contributed by atoms with Crippen LogP contribution >= 0.6 is 0 Å². The summed E-state index contributed by atoms with van der Waals surface area (Å²) in [5, 5.41) is 2.94. The number of anilines is 1. The van der Waals surface area contributed by atoms with Gasteiger partial charge < -0.3 is 24.4 Å². The van der Waals surface area contributed by atoms with E-state index in [2.05, 4.69) is 15.0 Å². The van der Waals surface area contributed by atoms with Crippen LogP contribution in [-0.4, -0.2) is 50.5 Å². The number of piperidine rings is 1. The second-order valence-electron chi connectivity index (χ2n) is 7.29. The van der Waals surface area contributed by atoms with Crippen molar-refractivity contribution in [3.8, 4) is 5.75 Å². The third kappa shape index (κ3) is 6.46. The van der Waals surface area contributed by atoms with E-state index < -0.39 is 11.6 Å². The lowest BCUT2D eigenvalue weighted by Gasteiger charge is -2.35. The Morgan fingerprint density at radius 1 is 1.31 bits per heavy atom. The van der Waals surface area contributed by atoms with Crippen LogP contribution in [0.4, 0.5) is 10.5 Å². The molecule has 0 aromatic heterocycles. The molecule has 1 heterocycles. The fourth-order valence-corrected chi connectivity index (χ4v) is 2.77. The maximum Gasteiger partial charge on any atom is 0.407 e.